The van der Waals surface area contributed by atoms with E-state index in [4.69, 9.17) is 9.47 Å². The molecule has 0 aliphatic rings. The Morgan fingerprint density at radius 1 is 1.39 bits per heavy atom. The maximum absolute atomic E-state index is 10.9. The molecule has 0 radical (unpaired) electrons. The third-order valence-electron chi connectivity index (χ3n) is 2.43. The van der Waals surface area contributed by atoms with E-state index >= 15 is 0 Å². The Labute approximate surface area is 108 Å². The maximum atomic E-state index is 10.9. The van der Waals surface area contributed by atoms with Crippen molar-refractivity contribution in [2.75, 3.05) is 13.2 Å². The number of ether oxygens (including phenoxy) is 2. The molecule has 0 aliphatic carbocycles. The first-order valence-corrected chi connectivity index (χ1v) is 6.20. The summed E-state index contributed by atoms with van der Waals surface area (Å²) in [7, 11) is 0. The molecule has 0 bridgehead atoms. The molecule has 1 aromatic carbocycles. The second kappa shape index (κ2) is 7.71. The Bertz CT molecular complexity index is 379. The van der Waals surface area contributed by atoms with Crippen LogP contribution in [0.4, 0.5) is 0 Å². The highest BCUT2D eigenvalue weighted by molar-refractivity contribution is 5.72. The van der Waals surface area contributed by atoms with E-state index in [1.807, 2.05) is 38.1 Å². The fourth-order valence-electron chi connectivity index (χ4n) is 1.55. The predicted octanol–water partition coefficient (Wildman–Crippen LogP) is 2.13. The Balaban J connectivity index is 2.55. The molecule has 0 saturated carbocycles. The SMILES string of the molecule is CCOC(C)COc1ccccc1CNC(C)=O. The van der Waals surface area contributed by atoms with Gasteiger partial charge in [0.2, 0.25) is 5.91 Å². The van der Waals surface area contributed by atoms with Crippen LogP contribution in [-0.4, -0.2) is 25.2 Å². The lowest BCUT2D eigenvalue weighted by Gasteiger charge is -2.15. The Kier molecular flexibility index (Phi) is 6.22. The number of benzene rings is 1. The molecule has 1 N–H and O–H groups in total. The Morgan fingerprint density at radius 2 is 2.11 bits per heavy atom. The second-order valence-electron chi connectivity index (χ2n) is 4.09. The number of rotatable bonds is 7. The number of amides is 1. The molecule has 0 fully saturated rings. The summed E-state index contributed by atoms with van der Waals surface area (Å²) in [6.07, 6.45) is 0.0591. The van der Waals surface area contributed by atoms with Gasteiger partial charge in [-0.25, -0.2) is 0 Å². The van der Waals surface area contributed by atoms with Gasteiger partial charge in [0.25, 0.3) is 0 Å². The van der Waals surface area contributed by atoms with Crippen LogP contribution in [0, 0.1) is 0 Å². The minimum absolute atomic E-state index is 0.0486. The summed E-state index contributed by atoms with van der Waals surface area (Å²) in [5.41, 5.74) is 0.969. The summed E-state index contributed by atoms with van der Waals surface area (Å²) >= 11 is 0. The monoisotopic (exact) mass is 251 g/mol. The van der Waals surface area contributed by atoms with Crippen molar-refractivity contribution in [2.24, 2.45) is 0 Å². The smallest absolute Gasteiger partial charge is 0.217 e. The van der Waals surface area contributed by atoms with Crippen LogP contribution in [0.5, 0.6) is 5.75 Å². The molecular weight excluding hydrogens is 230 g/mol. The van der Waals surface area contributed by atoms with Gasteiger partial charge in [-0.1, -0.05) is 18.2 Å². The van der Waals surface area contributed by atoms with Gasteiger partial charge in [-0.05, 0) is 19.9 Å². The molecule has 0 aromatic heterocycles. The number of nitrogens with one attached hydrogen (secondary N) is 1. The fourth-order valence-corrected chi connectivity index (χ4v) is 1.55. The van der Waals surface area contributed by atoms with E-state index in [1.165, 1.54) is 6.92 Å². The van der Waals surface area contributed by atoms with Gasteiger partial charge in [0.15, 0.2) is 0 Å². The van der Waals surface area contributed by atoms with Gasteiger partial charge in [0, 0.05) is 25.6 Å². The molecule has 1 unspecified atom stereocenters. The van der Waals surface area contributed by atoms with Gasteiger partial charge in [-0.3, -0.25) is 4.79 Å². The molecule has 1 rings (SSSR count). The quantitative estimate of drug-likeness (QED) is 0.807. The van der Waals surface area contributed by atoms with Crippen molar-refractivity contribution < 1.29 is 14.3 Å². The van der Waals surface area contributed by atoms with E-state index in [0.717, 1.165) is 11.3 Å². The molecule has 0 aliphatic heterocycles. The first kappa shape index (κ1) is 14.5. The second-order valence-corrected chi connectivity index (χ2v) is 4.09. The minimum atomic E-state index is -0.0486. The molecular formula is C14H21NO3. The highest BCUT2D eigenvalue weighted by Gasteiger charge is 2.06. The van der Waals surface area contributed by atoms with Crippen molar-refractivity contribution in [3.8, 4) is 5.75 Å². The van der Waals surface area contributed by atoms with Crippen LogP contribution >= 0.6 is 0 Å². The highest BCUT2D eigenvalue weighted by atomic mass is 16.5. The lowest BCUT2D eigenvalue weighted by atomic mass is 10.2. The van der Waals surface area contributed by atoms with Gasteiger partial charge in [0.1, 0.15) is 12.4 Å². The van der Waals surface area contributed by atoms with Crippen LogP contribution in [0.25, 0.3) is 0 Å². The first-order chi connectivity index (χ1) is 8.63. The number of carbonyl (C=O) groups excluding carboxylic acids is 1. The zero-order valence-corrected chi connectivity index (χ0v) is 11.2. The molecule has 4 nitrogen and oxygen atoms in total. The van der Waals surface area contributed by atoms with Crippen LogP contribution in [0.3, 0.4) is 0 Å². The van der Waals surface area contributed by atoms with Crippen LogP contribution in [0.2, 0.25) is 0 Å². The van der Waals surface area contributed by atoms with Crippen molar-refractivity contribution in [1.29, 1.82) is 0 Å². The molecule has 1 atom stereocenters. The lowest BCUT2D eigenvalue weighted by molar-refractivity contribution is -0.119. The molecule has 1 aromatic rings. The van der Waals surface area contributed by atoms with E-state index in [9.17, 15) is 4.79 Å². The molecule has 4 heteroatoms. The van der Waals surface area contributed by atoms with Crippen LogP contribution in [-0.2, 0) is 16.1 Å². The van der Waals surface area contributed by atoms with Gasteiger partial charge in [0.05, 0.1) is 6.10 Å². The third kappa shape index (κ3) is 5.19. The molecule has 0 saturated heterocycles. The normalized spacial score (nSPS) is 11.9. The minimum Gasteiger partial charge on any atom is -0.491 e. The summed E-state index contributed by atoms with van der Waals surface area (Å²) in [6.45, 7) is 7.10. The number of hydrogen-bond donors (Lipinski definition) is 1. The summed E-state index contributed by atoms with van der Waals surface area (Å²) in [6, 6.07) is 7.68. The first-order valence-electron chi connectivity index (χ1n) is 6.20. The zero-order chi connectivity index (χ0) is 13.4. The highest BCUT2D eigenvalue weighted by Crippen LogP contribution is 2.18. The van der Waals surface area contributed by atoms with E-state index < -0.39 is 0 Å². The summed E-state index contributed by atoms with van der Waals surface area (Å²) < 4.78 is 11.1. The fraction of sp³-hybridized carbons (Fsp3) is 0.500. The topological polar surface area (TPSA) is 47.6 Å². The molecule has 100 valence electrons. The van der Waals surface area contributed by atoms with Crippen LogP contribution < -0.4 is 10.1 Å². The van der Waals surface area contributed by atoms with E-state index in [2.05, 4.69) is 5.32 Å². The third-order valence-corrected chi connectivity index (χ3v) is 2.43. The largest absolute Gasteiger partial charge is 0.491 e. The van der Waals surface area contributed by atoms with Gasteiger partial charge in [-0.2, -0.15) is 0 Å². The molecule has 18 heavy (non-hydrogen) atoms. The predicted molar refractivity (Wildman–Crippen MR) is 70.5 cm³/mol. The van der Waals surface area contributed by atoms with E-state index in [-0.39, 0.29) is 12.0 Å². The molecule has 0 heterocycles. The number of para-hydroxylation sites is 1. The maximum Gasteiger partial charge on any atom is 0.217 e. The van der Waals surface area contributed by atoms with E-state index in [0.29, 0.717) is 19.8 Å². The van der Waals surface area contributed by atoms with Gasteiger partial charge in [-0.15, -0.1) is 0 Å². The van der Waals surface area contributed by atoms with Crippen LogP contribution in [0.15, 0.2) is 24.3 Å². The average molecular weight is 251 g/mol. The van der Waals surface area contributed by atoms with Crippen LogP contribution in [0.1, 0.15) is 26.3 Å². The summed E-state index contributed by atoms with van der Waals surface area (Å²) in [5, 5.41) is 2.76. The zero-order valence-electron chi connectivity index (χ0n) is 11.2. The number of hydrogen-bond acceptors (Lipinski definition) is 3. The van der Waals surface area contributed by atoms with Crippen molar-refractivity contribution in [2.45, 2.75) is 33.4 Å². The van der Waals surface area contributed by atoms with Crippen molar-refractivity contribution >= 4 is 5.91 Å². The summed E-state index contributed by atoms with van der Waals surface area (Å²) in [4.78, 5) is 10.9. The standard InChI is InChI=1S/C14H21NO3/c1-4-17-11(2)10-18-14-8-6-5-7-13(14)9-15-12(3)16/h5-8,11H,4,9-10H2,1-3H3,(H,15,16). The lowest BCUT2D eigenvalue weighted by Crippen LogP contribution is -2.21. The van der Waals surface area contributed by atoms with Gasteiger partial charge < -0.3 is 14.8 Å². The van der Waals surface area contributed by atoms with Gasteiger partial charge >= 0.3 is 0 Å². The molecule has 1 amide bonds. The van der Waals surface area contributed by atoms with Crippen molar-refractivity contribution in [1.82, 2.24) is 5.32 Å². The number of carbonyl (C=O) groups is 1. The van der Waals surface area contributed by atoms with E-state index in [1.54, 1.807) is 0 Å². The summed E-state index contributed by atoms with van der Waals surface area (Å²) in [5.74, 6) is 0.741. The Hall–Kier alpha value is -1.55. The molecule has 0 spiro atoms. The average Bonchev–Trinajstić information content (AvgIpc) is 2.35. The van der Waals surface area contributed by atoms with Crippen molar-refractivity contribution in [3.63, 3.8) is 0 Å². The van der Waals surface area contributed by atoms with Crippen molar-refractivity contribution in [3.05, 3.63) is 29.8 Å². The Morgan fingerprint density at radius 3 is 2.78 bits per heavy atom.